The zero-order valence-electron chi connectivity index (χ0n) is 14.9. The van der Waals surface area contributed by atoms with Gasteiger partial charge in [-0.2, -0.15) is 0 Å². The molecule has 1 aliphatic rings. The summed E-state index contributed by atoms with van der Waals surface area (Å²) < 4.78 is 17.3. The third kappa shape index (κ3) is 4.28. The van der Waals surface area contributed by atoms with E-state index in [-0.39, 0.29) is 0 Å². The molecule has 5 heteroatoms. The first-order valence-electron chi connectivity index (χ1n) is 9.07. The third-order valence-electron chi connectivity index (χ3n) is 4.35. The number of aliphatic carboxylic acids is 1. The van der Waals surface area contributed by atoms with E-state index in [0.717, 1.165) is 17.7 Å². The average Bonchev–Trinajstić information content (AvgIpc) is 2.67. The molecule has 0 aliphatic carbocycles. The Bertz CT molecular complexity index is 725. The van der Waals surface area contributed by atoms with Gasteiger partial charge < -0.3 is 19.3 Å². The zero-order chi connectivity index (χ0) is 18.4. The standard InChI is InChI=1S/C21H24O5/c1-2-3-4-7-14-24-16-12-10-15(11-13-16)19-20(21(22)23)26-18-9-6-5-8-17(18)25-19/h5-6,8-13,19-20H,2-4,7,14H2,1H3,(H,22,23). The number of hydrogen-bond acceptors (Lipinski definition) is 4. The van der Waals surface area contributed by atoms with Crippen LogP contribution in [-0.2, 0) is 4.79 Å². The Morgan fingerprint density at radius 1 is 1.00 bits per heavy atom. The van der Waals surface area contributed by atoms with Gasteiger partial charge in [0.25, 0.3) is 0 Å². The van der Waals surface area contributed by atoms with E-state index in [2.05, 4.69) is 6.92 Å². The number of carboxylic acids is 1. The summed E-state index contributed by atoms with van der Waals surface area (Å²) in [6.07, 6.45) is 2.83. The highest BCUT2D eigenvalue weighted by Gasteiger charge is 2.38. The van der Waals surface area contributed by atoms with E-state index in [0.29, 0.717) is 18.1 Å². The van der Waals surface area contributed by atoms with E-state index in [1.54, 1.807) is 18.2 Å². The average molecular weight is 356 g/mol. The zero-order valence-corrected chi connectivity index (χ0v) is 14.9. The fourth-order valence-corrected chi connectivity index (χ4v) is 2.94. The molecule has 0 saturated heterocycles. The minimum absolute atomic E-state index is 0.447. The number of unbranched alkanes of at least 4 members (excludes halogenated alkanes) is 3. The molecular weight excluding hydrogens is 332 g/mol. The smallest absolute Gasteiger partial charge is 0.349 e. The number of hydrogen-bond donors (Lipinski definition) is 1. The van der Waals surface area contributed by atoms with Gasteiger partial charge in [0.05, 0.1) is 6.61 Å². The lowest BCUT2D eigenvalue weighted by Gasteiger charge is -2.31. The van der Waals surface area contributed by atoms with Crippen LogP contribution in [0.15, 0.2) is 48.5 Å². The predicted octanol–water partition coefficient (Wildman–Crippen LogP) is 4.61. The number of fused-ring (bicyclic) bond motifs is 1. The van der Waals surface area contributed by atoms with Crippen LogP contribution in [0.1, 0.15) is 44.3 Å². The minimum Gasteiger partial charge on any atom is -0.494 e. The molecule has 2 atom stereocenters. The second kappa shape index (κ2) is 8.61. The number of carboxylic acid groups (broad SMARTS) is 1. The van der Waals surface area contributed by atoms with Crippen molar-refractivity contribution in [3.8, 4) is 17.2 Å². The van der Waals surface area contributed by atoms with E-state index in [9.17, 15) is 9.90 Å². The molecule has 138 valence electrons. The fourth-order valence-electron chi connectivity index (χ4n) is 2.94. The van der Waals surface area contributed by atoms with Crippen LogP contribution < -0.4 is 14.2 Å². The largest absolute Gasteiger partial charge is 0.494 e. The van der Waals surface area contributed by atoms with Crippen LogP contribution in [0.25, 0.3) is 0 Å². The summed E-state index contributed by atoms with van der Waals surface area (Å²) in [4.78, 5) is 11.6. The van der Waals surface area contributed by atoms with E-state index >= 15 is 0 Å². The number of benzene rings is 2. The summed E-state index contributed by atoms with van der Waals surface area (Å²) in [5, 5.41) is 9.51. The monoisotopic (exact) mass is 356 g/mol. The summed E-state index contributed by atoms with van der Waals surface area (Å²) in [7, 11) is 0. The summed E-state index contributed by atoms with van der Waals surface area (Å²) in [5.41, 5.74) is 0.741. The van der Waals surface area contributed by atoms with E-state index in [1.807, 2.05) is 30.3 Å². The maximum atomic E-state index is 11.6. The first kappa shape index (κ1) is 18.1. The normalized spacial score (nSPS) is 18.3. The Balaban J connectivity index is 1.68. The van der Waals surface area contributed by atoms with Gasteiger partial charge in [-0.05, 0) is 36.2 Å². The van der Waals surface area contributed by atoms with E-state index < -0.39 is 18.2 Å². The summed E-state index contributed by atoms with van der Waals surface area (Å²) in [6.45, 7) is 2.87. The summed E-state index contributed by atoms with van der Waals surface area (Å²) >= 11 is 0. The molecule has 2 aromatic carbocycles. The van der Waals surface area contributed by atoms with Crippen LogP contribution in [0.4, 0.5) is 0 Å². The van der Waals surface area contributed by atoms with Gasteiger partial charge in [0.1, 0.15) is 5.75 Å². The van der Waals surface area contributed by atoms with Gasteiger partial charge >= 0.3 is 5.97 Å². The van der Waals surface area contributed by atoms with Crippen molar-refractivity contribution in [1.82, 2.24) is 0 Å². The molecule has 0 aromatic heterocycles. The SMILES string of the molecule is CCCCCCOc1ccc(C2Oc3ccccc3OC2C(=O)O)cc1. The summed E-state index contributed by atoms with van der Waals surface area (Å²) in [5.74, 6) is 0.712. The van der Waals surface area contributed by atoms with Crippen LogP contribution in [0.5, 0.6) is 17.2 Å². The summed E-state index contributed by atoms with van der Waals surface area (Å²) in [6, 6.07) is 14.4. The number of para-hydroxylation sites is 2. The second-order valence-electron chi connectivity index (χ2n) is 6.34. The highest BCUT2D eigenvalue weighted by molar-refractivity contribution is 5.75. The first-order chi connectivity index (χ1) is 12.7. The number of carbonyl (C=O) groups is 1. The number of ether oxygens (including phenoxy) is 3. The van der Waals surface area contributed by atoms with Crippen molar-refractivity contribution in [3.05, 3.63) is 54.1 Å². The molecule has 26 heavy (non-hydrogen) atoms. The molecule has 1 N–H and O–H groups in total. The molecule has 0 radical (unpaired) electrons. The van der Waals surface area contributed by atoms with Gasteiger partial charge in [-0.1, -0.05) is 50.5 Å². The Hall–Kier alpha value is -2.69. The lowest BCUT2D eigenvalue weighted by Crippen LogP contribution is -2.39. The molecule has 0 fully saturated rings. The number of rotatable bonds is 8. The predicted molar refractivity (Wildman–Crippen MR) is 97.9 cm³/mol. The molecular formula is C21H24O5. The lowest BCUT2D eigenvalue weighted by atomic mass is 10.0. The van der Waals surface area contributed by atoms with Crippen LogP contribution in [-0.4, -0.2) is 23.8 Å². The maximum Gasteiger partial charge on any atom is 0.349 e. The van der Waals surface area contributed by atoms with Gasteiger partial charge in [0, 0.05) is 0 Å². The van der Waals surface area contributed by atoms with Crippen molar-refractivity contribution < 1.29 is 24.1 Å². The van der Waals surface area contributed by atoms with Gasteiger partial charge in [-0.15, -0.1) is 0 Å². The van der Waals surface area contributed by atoms with Crippen LogP contribution >= 0.6 is 0 Å². The molecule has 2 unspecified atom stereocenters. The third-order valence-corrected chi connectivity index (χ3v) is 4.35. The van der Waals surface area contributed by atoms with Crippen molar-refractivity contribution in [2.45, 2.75) is 44.8 Å². The fraction of sp³-hybridized carbons (Fsp3) is 0.381. The topological polar surface area (TPSA) is 65.0 Å². The van der Waals surface area contributed by atoms with Gasteiger partial charge in [-0.3, -0.25) is 0 Å². The van der Waals surface area contributed by atoms with Crippen LogP contribution in [0.2, 0.25) is 0 Å². The quantitative estimate of drug-likeness (QED) is 0.700. The molecule has 0 saturated carbocycles. The molecule has 0 bridgehead atoms. The molecule has 1 heterocycles. The Morgan fingerprint density at radius 2 is 1.69 bits per heavy atom. The van der Waals surface area contributed by atoms with Crippen molar-refractivity contribution in [3.63, 3.8) is 0 Å². The van der Waals surface area contributed by atoms with Crippen LogP contribution in [0.3, 0.4) is 0 Å². The first-order valence-corrected chi connectivity index (χ1v) is 9.07. The Labute approximate surface area is 153 Å². The van der Waals surface area contributed by atoms with Crippen LogP contribution in [0, 0.1) is 0 Å². The van der Waals surface area contributed by atoms with Crippen molar-refractivity contribution in [2.75, 3.05) is 6.61 Å². The lowest BCUT2D eigenvalue weighted by molar-refractivity contribution is -0.151. The Kier molecular flexibility index (Phi) is 6.00. The van der Waals surface area contributed by atoms with Gasteiger partial charge in [0.2, 0.25) is 6.10 Å². The van der Waals surface area contributed by atoms with Crippen molar-refractivity contribution >= 4 is 5.97 Å². The van der Waals surface area contributed by atoms with Crippen molar-refractivity contribution in [1.29, 1.82) is 0 Å². The molecule has 0 amide bonds. The van der Waals surface area contributed by atoms with Crippen molar-refractivity contribution in [2.24, 2.45) is 0 Å². The maximum absolute atomic E-state index is 11.6. The molecule has 3 rings (SSSR count). The molecule has 0 spiro atoms. The minimum atomic E-state index is -1.09. The molecule has 1 aliphatic heterocycles. The molecule has 5 nitrogen and oxygen atoms in total. The highest BCUT2D eigenvalue weighted by Crippen LogP contribution is 2.39. The van der Waals surface area contributed by atoms with Gasteiger partial charge in [-0.25, -0.2) is 4.79 Å². The highest BCUT2D eigenvalue weighted by atomic mass is 16.6. The second-order valence-corrected chi connectivity index (χ2v) is 6.34. The van der Waals surface area contributed by atoms with Gasteiger partial charge in [0.15, 0.2) is 17.6 Å². The Morgan fingerprint density at radius 3 is 2.35 bits per heavy atom. The van der Waals surface area contributed by atoms with E-state index in [4.69, 9.17) is 14.2 Å². The van der Waals surface area contributed by atoms with E-state index in [1.165, 1.54) is 19.3 Å². The molecule has 2 aromatic rings.